The summed E-state index contributed by atoms with van der Waals surface area (Å²) >= 11 is 0. The topological polar surface area (TPSA) is 41.8 Å². The third-order valence-corrected chi connectivity index (χ3v) is 3.28. The summed E-state index contributed by atoms with van der Waals surface area (Å²) in [7, 11) is 0. The van der Waals surface area contributed by atoms with Gasteiger partial charge >= 0.3 is 0 Å². The molecule has 0 spiro atoms. The fourth-order valence-electron chi connectivity index (χ4n) is 2.42. The van der Waals surface area contributed by atoms with Crippen LogP contribution in [-0.2, 0) is 6.42 Å². The van der Waals surface area contributed by atoms with E-state index in [1.165, 1.54) is 11.1 Å². The molecule has 0 amide bonds. The fraction of sp³-hybridized carbons (Fsp3) is 0.417. The zero-order valence-corrected chi connectivity index (χ0v) is 8.39. The predicted molar refractivity (Wildman–Crippen MR) is 56.8 cm³/mol. The van der Waals surface area contributed by atoms with Crippen molar-refractivity contribution >= 4 is 6.21 Å². The Kier molecular flexibility index (Phi) is 1.91. The van der Waals surface area contributed by atoms with E-state index in [1.54, 1.807) is 6.21 Å². The lowest BCUT2D eigenvalue weighted by Crippen LogP contribution is -1.91. The summed E-state index contributed by atoms with van der Waals surface area (Å²) in [5, 5.41) is 11.6. The van der Waals surface area contributed by atoms with Gasteiger partial charge in [-0.2, -0.15) is 0 Å². The average Bonchev–Trinajstić information content (AvgIpc) is 2.84. The lowest BCUT2D eigenvalue weighted by molar-refractivity contribution is 0.320. The molecule has 3 rings (SSSR count). The molecule has 1 fully saturated rings. The molecular formula is C12H13NO2. The van der Waals surface area contributed by atoms with Crippen LogP contribution in [-0.4, -0.2) is 18.0 Å². The molecule has 2 atom stereocenters. The highest BCUT2D eigenvalue weighted by Crippen LogP contribution is 2.49. The first kappa shape index (κ1) is 8.77. The molecule has 3 heteroatoms. The summed E-state index contributed by atoms with van der Waals surface area (Å²) in [6.07, 6.45) is 3.76. The summed E-state index contributed by atoms with van der Waals surface area (Å²) in [6.45, 7) is 0.803. The zero-order chi connectivity index (χ0) is 10.3. The number of oxime groups is 1. The molecular weight excluding hydrogens is 190 g/mol. The summed E-state index contributed by atoms with van der Waals surface area (Å²) in [5.74, 6) is 2.00. The maximum Gasteiger partial charge on any atom is 0.122 e. The van der Waals surface area contributed by atoms with Gasteiger partial charge in [-0.25, -0.2) is 0 Å². The zero-order valence-electron chi connectivity index (χ0n) is 8.39. The van der Waals surface area contributed by atoms with Crippen LogP contribution in [0, 0.1) is 5.92 Å². The molecule has 1 heterocycles. The van der Waals surface area contributed by atoms with Gasteiger partial charge in [0.05, 0.1) is 6.61 Å². The van der Waals surface area contributed by atoms with Crippen LogP contribution in [0.2, 0.25) is 0 Å². The molecule has 1 aromatic rings. The highest BCUT2D eigenvalue weighted by molar-refractivity contribution is 5.67. The molecule has 1 aromatic carbocycles. The Hall–Kier alpha value is -1.51. The number of rotatable bonds is 2. The molecule has 1 N–H and O–H groups in total. The number of hydrogen-bond acceptors (Lipinski definition) is 3. The minimum absolute atomic E-state index is 0.419. The SMILES string of the molecule is ON=C[C@@H]1C[C@H]1c1cccc2c1CCO2. The second-order valence-corrected chi connectivity index (χ2v) is 4.19. The molecule has 1 aliphatic heterocycles. The van der Waals surface area contributed by atoms with Crippen LogP contribution < -0.4 is 4.74 Å². The molecule has 0 bridgehead atoms. The Balaban J connectivity index is 1.91. The summed E-state index contributed by atoms with van der Waals surface area (Å²) in [6, 6.07) is 6.25. The van der Waals surface area contributed by atoms with Gasteiger partial charge in [-0.1, -0.05) is 12.1 Å². The molecule has 0 unspecified atom stereocenters. The van der Waals surface area contributed by atoms with Crippen molar-refractivity contribution in [1.82, 2.24) is 0 Å². The molecule has 0 aromatic heterocycles. The predicted octanol–water partition coefficient (Wildman–Crippen LogP) is 2.18. The maximum atomic E-state index is 8.48. The van der Waals surface area contributed by atoms with E-state index in [4.69, 9.17) is 9.94 Å². The van der Waals surface area contributed by atoms with E-state index in [0.717, 1.165) is 25.2 Å². The van der Waals surface area contributed by atoms with Crippen molar-refractivity contribution in [2.75, 3.05) is 6.61 Å². The molecule has 15 heavy (non-hydrogen) atoms. The first-order valence-corrected chi connectivity index (χ1v) is 5.32. The van der Waals surface area contributed by atoms with E-state index in [0.29, 0.717) is 11.8 Å². The van der Waals surface area contributed by atoms with Gasteiger partial charge in [0.25, 0.3) is 0 Å². The molecule has 2 aliphatic rings. The van der Waals surface area contributed by atoms with Gasteiger partial charge in [-0.05, 0) is 24.0 Å². The third-order valence-electron chi connectivity index (χ3n) is 3.28. The summed E-state index contributed by atoms with van der Waals surface area (Å²) < 4.78 is 5.53. The number of fused-ring (bicyclic) bond motifs is 1. The van der Waals surface area contributed by atoms with Crippen LogP contribution in [0.4, 0.5) is 0 Å². The number of benzene rings is 1. The van der Waals surface area contributed by atoms with E-state index < -0.39 is 0 Å². The summed E-state index contributed by atoms with van der Waals surface area (Å²) in [5.41, 5.74) is 2.74. The molecule has 1 saturated carbocycles. The maximum absolute atomic E-state index is 8.48. The van der Waals surface area contributed by atoms with Crippen LogP contribution >= 0.6 is 0 Å². The van der Waals surface area contributed by atoms with Crippen molar-refractivity contribution in [2.24, 2.45) is 11.1 Å². The van der Waals surface area contributed by atoms with E-state index in [-0.39, 0.29) is 0 Å². The third kappa shape index (κ3) is 1.39. The van der Waals surface area contributed by atoms with Crippen molar-refractivity contribution in [2.45, 2.75) is 18.8 Å². The average molecular weight is 203 g/mol. The van der Waals surface area contributed by atoms with Gasteiger partial charge in [0.2, 0.25) is 0 Å². The van der Waals surface area contributed by atoms with Crippen molar-refractivity contribution in [3.05, 3.63) is 29.3 Å². The van der Waals surface area contributed by atoms with Crippen molar-refractivity contribution < 1.29 is 9.94 Å². The van der Waals surface area contributed by atoms with E-state index in [2.05, 4.69) is 11.2 Å². The minimum Gasteiger partial charge on any atom is -0.493 e. The van der Waals surface area contributed by atoms with Crippen molar-refractivity contribution in [1.29, 1.82) is 0 Å². The largest absolute Gasteiger partial charge is 0.493 e. The Bertz CT molecular complexity index is 414. The first-order valence-electron chi connectivity index (χ1n) is 5.32. The van der Waals surface area contributed by atoms with Crippen molar-refractivity contribution in [3.63, 3.8) is 0 Å². The smallest absolute Gasteiger partial charge is 0.122 e. The second-order valence-electron chi connectivity index (χ2n) is 4.19. The van der Waals surface area contributed by atoms with E-state index in [1.807, 2.05) is 12.1 Å². The van der Waals surface area contributed by atoms with E-state index in [9.17, 15) is 0 Å². The van der Waals surface area contributed by atoms with Crippen LogP contribution in [0.15, 0.2) is 23.4 Å². The van der Waals surface area contributed by atoms with Crippen LogP contribution in [0.1, 0.15) is 23.5 Å². The minimum atomic E-state index is 0.419. The van der Waals surface area contributed by atoms with Gasteiger partial charge < -0.3 is 9.94 Å². The highest BCUT2D eigenvalue weighted by Gasteiger charge is 2.39. The lowest BCUT2D eigenvalue weighted by Gasteiger charge is -2.04. The number of ether oxygens (including phenoxy) is 1. The normalized spacial score (nSPS) is 27.7. The van der Waals surface area contributed by atoms with Gasteiger partial charge in [0.1, 0.15) is 5.75 Å². The molecule has 78 valence electrons. The number of nitrogens with zero attached hydrogens (tertiary/aromatic N) is 1. The Morgan fingerprint density at radius 2 is 2.40 bits per heavy atom. The molecule has 1 aliphatic carbocycles. The van der Waals surface area contributed by atoms with Crippen LogP contribution in [0.25, 0.3) is 0 Å². The Morgan fingerprint density at radius 3 is 3.27 bits per heavy atom. The monoisotopic (exact) mass is 203 g/mol. The first-order chi connectivity index (χ1) is 7.40. The fourth-order valence-corrected chi connectivity index (χ4v) is 2.42. The van der Waals surface area contributed by atoms with Crippen LogP contribution in [0.5, 0.6) is 5.75 Å². The highest BCUT2D eigenvalue weighted by atomic mass is 16.5. The van der Waals surface area contributed by atoms with Crippen LogP contribution in [0.3, 0.4) is 0 Å². The lowest BCUT2D eigenvalue weighted by atomic mass is 10.0. The van der Waals surface area contributed by atoms with Crippen molar-refractivity contribution in [3.8, 4) is 5.75 Å². The number of hydrogen-bond donors (Lipinski definition) is 1. The second kappa shape index (κ2) is 3.26. The van der Waals surface area contributed by atoms with Gasteiger partial charge in [-0.3, -0.25) is 0 Å². The summed E-state index contributed by atoms with van der Waals surface area (Å²) in [4.78, 5) is 0. The quantitative estimate of drug-likeness (QED) is 0.454. The van der Waals surface area contributed by atoms with Gasteiger partial charge in [0, 0.05) is 24.1 Å². The standard InChI is InChI=1S/C12H13NO2/c14-13-7-8-6-11(8)9-2-1-3-12-10(9)4-5-15-12/h1-3,7-8,11,14H,4-6H2/t8-,11+/m0/s1. The Labute approximate surface area is 88.4 Å². The molecule has 0 saturated heterocycles. The van der Waals surface area contributed by atoms with Gasteiger partial charge in [-0.15, -0.1) is 5.16 Å². The molecule has 3 nitrogen and oxygen atoms in total. The van der Waals surface area contributed by atoms with E-state index >= 15 is 0 Å². The Morgan fingerprint density at radius 1 is 1.47 bits per heavy atom. The van der Waals surface area contributed by atoms with Gasteiger partial charge in [0.15, 0.2) is 0 Å². The molecule has 0 radical (unpaired) electrons.